The SMILES string of the molecule is CCOC(=O)/C=C/COCCOCC(C)C. The van der Waals surface area contributed by atoms with Crippen LogP contribution < -0.4 is 0 Å². The van der Waals surface area contributed by atoms with Crippen LogP contribution in [0.5, 0.6) is 0 Å². The standard InChI is InChI=1S/C12H22O4/c1-4-16-12(13)6-5-7-14-8-9-15-10-11(2)3/h5-6,11H,4,7-10H2,1-3H3/b6-5+. The second-order valence-electron chi connectivity index (χ2n) is 3.70. The van der Waals surface area contributed by atoms with Gasteiger partial charge in [-0.05, 0) is 12.8 Å². The molecule has 0 saturated heterocycles. The maximum Gasteiger partial charge on any atom is 0.330 e. The lowest BCUT2D eigenvalue weighted by Crippen LogP contribution is -2.08. The van der Waals surface area contributed by atoms with Crippen molar-refractivity contribution in [3.05, 3.63) is 12.2 Å². The van der Waals surface area contributed by atoms with Gasteiger partial charge in [-0.1, -0.05) is 19.9 Å². The first-order valence-corrected chi connectivity index (χ1v) is 5.65. The minimum absolute atomic E-state index is 0.331. The van der Waals surface area contributed by atoms with E-state index in [1.165, 1.54) is 6.08 Å². The summed E-state index contributed by atoms with van der Waals surface area (Å²) in [6.07, 6.45) is 3.01. The highest BCUT2D eigenvalue weighted by Crippen LogP contribution is 1.91. The number of esters is 1. The molecule has 0 aliphatic carbocycles. The first-order valence-electron chi connectivity index (χ1n) is 5.65. The third kappa shape index (κ3) is 11.2. The normalized spacial score (nSPS) is 11.2. The molecule has 0 heterocycles. The van der Waals surface area contributed by atoms with E-state index in [4.69, 9.17) is 14.2 Å². The lowest BCUT2D eigenvalue weighted by molar-refractivity contribution is -0.137. The van der Waals surface area contributed by atoms with Gasteiger partial charge in [0.25, 0.3) is 0 Å². The first-order chi connectivity index (χ1) is 7.66. The highest BCUT2D eigenvalue weighted by Gasteiger charge is 1.94. The average molecular weight is 230 g/mol. The maximum atomic E-state index is 10.9. The number of carbonyl (C=O) groups is 1. The van der Waals surface area contributed by atoms with Gasteiger partial charge in [0.15, 0.2) is 0 Å². The van der Waals surface area contributed by atoms with E-state index in [1.54, 1.807) is 13.0 Å². The Hall–Kier alpha value is -0.870. The summed E-state index contributed by atoms with van der Waals surface area (Å²) < 4.78 is 15.3. The molecule has 0 atom stereocenters. The zero-order valence-corrected chi connectivity index (χ0v) is 10.4. The Balaban J connectivity index is 3.23. The highest BCUT2D eigenvalue weighted by atomic mass is 16.5. The van der Waals surface area contributed by atoms with Gasteiger partial charge < -0.3 is 14.2 Å². The molecule has 0 radical (unpaired) electrons. The van der Waals surface area contributed by atoms with Gasteiger partial charge in [-0.15, -0.1) is 0 Å². The summed E-state index contributed by atoms with van der Waals surface area (Å²) in [5, 5.41) is 0. The van der Waals surface area contributed by atoms with E-state index in [1.807, 2.05) is 0 Å². The minimum atomic E-state index is -0.331. The van der Waals surface area contributed by atoms with Gasteiger partial charge in [-0.25, -0.2) is 4.79 Å². The lowest BCUT2D eigenvalue weighted by atomic mass is 10.2. The van der Waals surface area contributed by atoms with Crippen molar-refractivity contribution in [1.29, 1.82) is 0 Å². The molecule has 0 aromatic rings. The molecule has 0 spiro atoms. The molecule has 0 saturated carbocycles. The monoisotopic (exact) mass is 230 g/mol. The summed E-state index contributed by atoms with van der Waals surface area (Å²) in [6.45, 7) is 8.66. The van der Waals surface area contributed by atoms with Crippen LogP contribution in [0.2, 0.25) is 0 Å². The zero-order chi connectivity index (χ0) is 12.2. The maximum absolute atomic E-state index is 10.9. The Morgan fingerprint density at radius 3 is 2.56 bits per heavy atom. The van der Waals surface area contributed by atoms with Crippen molar-refractivity contribution in [2.24, 2.45) is 5.92 Å². The van der Waals surface area contributed by atoms with Crippen molar-refractivity contribution in [3.63, 3.8) is 0 Å². The Labute approximate surface area is 97.6 Å². The molecule has 0 aliphatic rings. The molecular formula is C12H22O4. The largest absolute Gasteiger partial charge is 0.463 e. The van der Waals surface area contributed by atoms with Crippen molar-refractivity contribution in [2.75, 3.05) is 33.0 Å². The predicted octanol–water partition coefficient (Wildman–Crippen LogP) is 1.79. The Bertz CT molecular complexity index is 199. The number of ether oxygens (including phenoxy) is 3. The van der Waals surface area contributed by atoms with Gasteiger partial charge in [-0.2, -0.15) is 0 Å². The summed E-state index contributed by atoms with van der Waals surface area (Å²) in [5.41, 5.74) is 0. The minimum Gasteiger partial charge on any atom is -0.463 e. The van der Waals surface area contributed by atoms with Gasteiger partial charge in [0.05, 0.1) is 26.4 Å². The molecule has 0 aliphatic heterocycles. The quantitative estimate of drug-likeness (QED) is 0.344. The fourth-order valence-corrected chi connectivity index (χ4v) is 0.923. The second-order valence-corrected chi connectivity index (χ2v) is 3.70. The zero-order valence-electron chi connectivity index (χ0n) is 10.4. The topological polar surface area (TPSA) is 44.8 Å². The van der Waals surface area contributed by atoms with Crippen LogP contribution in [0.1, 0.15) is 20.8 Å². The summed E-state index contributed by atoms with van der Waals surface area (Å²) >= 11 is 0. The van der Waals surface area contributed by atoms with Crippen LogP contribution in [0.3, 0.4) is 0 Å². The summed E-state index contributed by atoms with van der Waals surface area (Å²) in [4.78, 5) is 10.9. The van der Waals surface area contributed by atoms with Crippen LogP contribution in [0.4, 0.5) is 0 Å². The van der Waals surface area contributed by atoms with E-state index in [-0.39, 0.29) is 5.97 Å². The van der Waals surface area contributed by atoms with Crippen molar-refractivity contribution in [3.8, 4) is 0 Å². The summed E-state index contributed by atoms with van der Waals surface area (Å²) in [6, 6.07) is 0. The number of carbonyl (C=O) groups excluding carboxylic acids is 1. The second kappa shape index (κ2) is 10.6. The van der Waals surface area contributed by atoms with E-state index in [0.717, 1.165) is 6.61 Å². The van der Waals surface area contributed by atoms with E-state index in [0.29, 0.717) is 32.3 Å². The van der Waals surface area contributed by atoms with Crippen LogP contribution in [0.15, 0.2) is 12.2 Å². The smallest absolute Gasteiger partial charge is 0.330 e. The molecule has 94 valence electrons. The molecule has 0 fully saturated rings. The van der Waals surface area contributed by atoms with Gasteiger partial charge in [0.2, 0.25) is 0 Å². The lowest BCUT2D eigenvalue weighted by Gasteiger charge is -2.06. The highest BCUT2D eigenvalue weighted by molar-refractivity contribution is 5.81. The molecule has 0 bridgehead atoms. The molecule has 4 heteroatoms. The molecule has 0 amide bonds. The van der Waals surface area contributed by atoms with Crippen molar-refractivity contribution in [2.45, 2.75) is 20.8 Å². The van der Waals surface area contributed by atoms with Crippen LogP contribution in [0.25, 0.3) is 0 Å². The molecule has 0 aromatic carbocycles. The number of hydrogen-bond donors (Lipinski definition) is 0. The third-order valence-corrected chi connectivity index (χ3v) is 1.58. The van der Waals surface area contributed by atoms with Crippen molar-refractivity contribution in [1.82, 2.24) is 0 Å². The van der Waals surface area contributed by atoms with Gasteiger partial charge in [0.1, 0.15) is 0 Å². The number of hydrogen-bond acceptors (Lipinski definition) is 4. The van der Waals surface area contributed by atoms with Crippen molar-refractivity contribution < 1.29 is 19.0 Å². The molecule has 0 aromatic heterocycles. The fraction of sp³-hybridized carbons (Fsp3) is 0.750. The predicted molar refractivity (Wildman–Crippen MR) is 62.2 cm³/mol. The van der Waals surface area contributed by atoms with Crippen LogP contribution in [-0.4, -0.2) is 39.0 Å². The molecule has 0 N–H and O–H groups in total. The first kappa shape index (κ1) is 15.1. The molecular weight excluding hydrogens is 208 g/mol. The molecule has 0 unspecified atom stereocenters. The Morgan fingerprint density at radius 2 is 1.94 bits per heavy atom. The van der Waals surface area contributed by atoms with Crippen LogP contribution in [-0.2, 0) is 19.0 Å². The molecule has 0 rings (SSSR count). The van der Waals surface area contributed by atoms with Gasteiger partial charge >= 0.3 is 5.97 Å². The van der Waals surface area contributed by atoms with E-state index < -0.39 is 0 Å². The Kier molecular flexibility index (Phi) is 10.1. The van der Waals surface area contributed by atoms with E-state index in [9.17, 15) is 4.79 Å². The van der Waals surface area contributed by atoms with Crippen LogP contribution in [0, 0.1) is 5.92 Å². The third-order valence-electron chi connectivity index (χ3n) is 1.58. The fourth-order valence-electron chi connectivity index (χ4n) is 0.923. The van der Waals surface area contributed by atoms with E-state index in [2.05, 4.69) is 13.8 Å². The van der Waals surface area contributed by atoms with Crippen LogP contribution >= 0.6 is 0 Å². The average Bonchev–Trinajstić information content (AvgIpc) is 2.22. The summed E-state index contributed by atoms with van der Waals surface area (Å²) in [5.74, 6) is 0.214. The Morgan fingerprint density at radius 1 is 1.25 bits per heavy atom. The van der Waals surface area contributed by atoms with Gasteiger partial charge in [-0.3, -0.25) is 0 Å². The van der Waals surface area contributed by atoms with Gasteiger partial charge in [0, 0.05) is 12.7 Å². The molecule has 16 heavy (non-hydrogen) atoms. The molecule has 4 nitrogen and oxygen atoms in total. The number of rotatable bonds is 9. The summed E-state index contributed by atoms with van der Waals surface area (Å²) in [7, 11) is 0. The van der Waals surface area contributed by atoms with Crippen molar-refractivity contribution >= 4 is 5.97 Å². The van der Waals surface area contributed by atoms with E-state index >= 15 is 0 Å².